The van der Waals surface area contributed by atoms with E-state index in [1.54, 1.807) is 24.3 Å². The molecule has 0 aromatic heterocycles. The van der Waals surface area contributed by atoms with E-state index in [1.807, 2.05) is 6.26 Å². The van der Waals surface area contributed by atoms with Gasteiger partial charge in [-0.25, -0.2) is 0 Å². The van der Waals surface area contributed by atoms with Gasteiger partial charge in [-0.05, 0) is 18.4 Å². The Hall–Kier alpha value is -1.24. The summed E-state index contributed by atoms with van der Waals surface area (Å²) in [5, 5.41) is 5.39. The van der Waals surface area contributed by atoms with Crippen LogP contribution in [0.25, 0.3) is 0 Å². The number of rotatable bonds is 6. The fourth-order valence-corrected chi connectivity index (χ4v) is 1.72. The lowest BCUT2D eigenvalue weighted by molar-refractivity contribution is -0.113. The van der Waals surface area contributed by atoms with Gasteiger partial charge in [-0.15, -0.1) is 12.4 Å². The number of amides is 2. The normalized spacial score (nSPS) is 9.37. The zero-order valence-electron chi connectivity index (χ0n) is 10.6. The molecule has 0 aliphatic heterocycles. The number of hydrogen-bond acceptors (Lipinski definition) is 4. The van der Waals surface area contributed by atoms with Crippen LogP contribution in [0, 0.1) is 0 Å². The zero-order valence-corrected chi connectivity index (χ0v) is 12.3. The molecule has 0 fully saturated rings. The summed E-state index contributed by atoms with van der Waals surface area (Å²) >= 11 is 1.43. The van der Waals surface area contributed by atoms with Gasteiger partial charge in [0, 0.05) is 13.1 Å². The van der Waals surface area contributed by atoms with Crippen LogP contribution in [0.1, 0.15) is 10.4 Å². The lowest BCUT2D eigenvalue weighted by atomic mass is 10.1. The highest BCUT2D eigenvalue weighted by Gasteiger charge is 2.11. The number of para-hydroxylation sites is 1. The molecule has 0 bridgehead atoms. The average molecular weight is 304 g/mol. The summed E-state index contributed by atoms with van der Waals surface area (Å²) in [7, 11) is 0. The van der Waals surface area contributed by atoms with Crippen molar-refractivity contribution >= 4 is 41.7 Å². The van der Waals surface area contributed by atoms with E-state index in [0.717, 1.165) is 0 Å². The lowest BCUT2D eigenvalue weighted by Crippen LogP contribution is -2.30. The van der Waals surface area contributed by atoms with E-state index in [-0.39, 0.29) is 24.2 Å². The molecule has 0 spiro atoms. The summed E-state index contributed by atoms with van der Waals surface area (Å²) in [5.41, 5.74) is 6.29. The van der Waals surface area contributed by atoms with E-state index in [2.05, 4.69) is 10.6 Å². The smallest absolute Gasteiger partial charge is 0.253 e. The summed E-state index contributed by atoms with van der Waals surface area (Å²) in [6.45, 7) is 0.790. The molecular formula is C12H18ClN3O2S. The van der Waals surface area contributed by atoms with Gasteiger partial charge in [0.15, 0.2) is 0 Å². The van der Waals surface area contributed by atoms with Gasteiger partial charge < -0.3 is 16.4 Å². The van der Waals surface area contributed by atoms with Gasteiger partial charge >= 0.3 is 0 Å². The van der Waals surface area contributed by atoms with E-state index in [0.29, 0.717) is 30.1 Å². The van der Waals surface area contributed by atoms with Gasteiger partial charge in [0.1, 0.15) is 0 Å². The van der Waals surface area contributed by atoms with Crippen molar-refractivity contribution in [3.63, 3.8) is 0 Å². The van der Waals surface area contributed by atoms with Gasteiger partial charge in [0.05, 0.1) is 17.0 Å². The molecule has 0 radical (unpaired) electrons. The van der Waals surface area contributed by atoms with Crippen molar-refractivity contribution in [3.8, 4) is 0 Å². The van der Waals surface area contributed by atoms with Crippen LogP contribution in [0.15, 0.2) is 24.3 Å². The molecule has 0 aliphatic carbocycles. The summed E-state index contributed by atoms with van der Waals surface area (Å²) in [5.74, 6) is 0.000686. The molecule has 0 atom stereocenters. The van der Waals surface area contributed by atoms with Gasteiger partial charge in [-0.2, -0.15) is 11.8 Å². The number of nitrogens with one attached hydrogen (secondary N) is 2. The molecule has 1 aromatic carbocycles. The van der Waals surface area contributed by atoms with E-state index in [4.69, 9.17) is 5.73 Å². The molecule has 0 unspecified atom stereocenters. The van der Waals surface area contributed by atoms with Gasteiger partial charge in [-0.3, -0.25) is 9.59 Å². The minimum absolute atomic E-state index is 0. The molecule has 7 heteroatoms. The number of nitrogens with two attached hydrogens (primary N) is 1. The second-order valence-corrected chi connectivity index (χ2v) is 4.44. The zero-order chi connectivity index (χ0) is 13.4. The number of carbonyl (C=O) groups excluding carboxylic acids is 2. The molecule has 106 valence electrons. The Kier molecular flexibility index (Phi) is 9.03. The molecule has 5 nitrogen and oxygen atoms in total. The predicted molar refractivity (Wildman–Crippen MR) is 82.1 cm³/mol. The van der Waals surface area contributed by atoms with Gasteiger partial charge in [0.25, 0.3) is 5.91 Å². The van der Waals surface area contributed by atoms with Crippen molar-refractivity contribution in [3.05, 3.63) is 29.8 Å². The van der Waals surface area contributed by atoms with Crippen LogP contribution in [0.5, 0.6) is 0 Å². The molecule has 0 heterocycles. The highest BCUT2D eigenvalue weighted by Crippen LogP contribution is 2.15. The van der Waals surface area contributed by atoms with Crippen LogP contribution in [0.2, 0.25) is 0 Å². The average Bonchev–Trinajstić information content (AvgIpc) is 2.37. The van der Waals surface area contributed by atoms with Gasteiger partial charge in [-0.1, -0.05) is 12.1 Å². The molecule has 1 rings (SSSR count). The molecule has 0 saturated carbocycles. The van der Waals surface area contributed by atoms with E-state index < -0.39 is 0 Å². The SMILES string of the molecule is CSCC(=O)Nc1ccccc1C(=O)NCCN.Cl. The fourth-order valence-electron chi connectivity index (χ4n) is 1.39. The first-order valence-corrected chi connectivity index (χ1v) is 6.94. The Morgan fingerprint density at radius 2 is 2.00 bits per heavy atom. The number of halogens is 1. The lowest BCUT2D eigenvalue weighted by Gasteiger charge is -2.10. The maximum atomic E-state index is 11.8. The predicted octanol–water partition coefficient (Wildman–Crippen LogP) is 1.10. The minimum Gasteiger partial charge on any atom is -0.351 e. The summed E-state index contributed by atoms with van der Waals surface area (Å²) < 4.78 is 0. The summed E-state index contributed by atoms with van der Waals surface area (Å²) in [6, 6.07) is 6.89. The third kappa shape index (κ3) is 5.96. The molecular weight excluding hydrogens is 286 g/mol. The van der Waals surface area contributed by atoms with Crippen molar-refractivity contribution in [2.24, 2.45) is 5.73 Å². The van der Waals surface area contributed by atoms with E-state index in [1.165, 1.54) is 11.8 Å². The standard InChI is InChI=1S/C12H17N3O2S.ClH/c1-18-8-11(16)15-10-5-3-2-4-9(10)12(17)14-7-6-13;/h2-5H,6-8,13H2,1H3,(H,14,17)(H,15,16);1H. The van der Waals surface area contributed by atoms with Crippen LogP contribution in [-0.4, -0.2) is 36.9 Å². The van der Waals surface area contributed by atoms with Crippen molar-refractivity contribution in [2.75, 3.05) is 30.4 Å². The van der Waals surface area contributed by atoms with Crippen LogP contribution >= 0.6 is 24.2 Å². The number of carbonyl (C=O) groups is 2. The topological polar surface area (TPSA) is 84.2 Å². The van der Waals surface area contributed by atoms with Crippen LogP contribution in [0.4, 0.5) is 5.69 Å². The maximum absolute atomic E-state index is 11.8. The summed E-state index contributed by atoms with van der Waals surface area (Å²) in [4.78, 5) is 23.4. The number of hydrogen-bond donors (Lipinski definition) is 3. The van der Waals surface area contributed by atoms with Crippen LogP contribution in [0.3, 0.4) is 0 Å². The summed E-state index contributed by atoms with van der Waals surface area (Å²) in [6.07, 6.45) is 1.85. The quantitative estimate of drug-likeness (QED) is 0.735. The first-order valence-electron chi connectivity index (χ1n) is 5.55. The van der Waals surface area contributed by atoms with E-state index >= 15 is 0 Å². The highest BCUT2D eigenvalue weighted by atomic mass is 35.5. The molecule has 0 saturated heterocycles. The Labute approximate surface area is 123 Å². The molecule has 19 heavy (non-hydrogen) atoms. The monoisotopic (exact) mass is 303 g/mol. The van der Waals surface area contributed by atoms with Gasteiger partial charge in [0.2, 0.25) is 5.91 Å². The third-order valence-corrected chi connectivity index (χ3v) is 2.70. The maximum Gasteiger partial charge on any atom is 0.253 e. The Bertz CT molecular complexity index is 429. The fraction of sp³-hybridized carbons (Fsp3) is 0.333. The first kappa shape index (κ1) is 17.8. The third-order valence-electron chi connectivity index (χ3n) is 2.15. The highest BCUT2D eigenvalue weighted by molar-refractivity contribution is 7.99. The van der Waals surface area contributed by atoms with Crippen LogP contribution in [-0.2, 0) is 4.79 Å². The van der Waals surface area contributed by atoms with Crippen LogP contribution < -0.4 is 16.4 Å². The molecule has 4 N–H and O–H groups in total. The second-order valence-electron chi connectivity index (χ2n) is 3.57. The number of anilines is 1. The molecule has 2 amide bonds. The van der Waals surface area contributed by atoms with Crippen molar-refractivity contribution in [1.29, 1.82) is 0 Å². The van der Waals surface area contributed by atoms with Crippen molar-refractivity contribution < 1.29 is 9.59 Å². The Morgan fingerprint density at radius 3 is 2.63 bits per heavy atom. The Morgan fingerprint density at radius 1 is 1.32 bits per heavy atom. The van der Waals surface area contributed by atoms with E-state index in [9.17, 15) is 9.59 Å². The van der Waals surface area contributed by atoms with Crippen molar-refractivity contribution in [1.82, 2.24) is 5.32 Å². The number of benzene rings is 1. The minimum atomic E-state index is -0.236. The number of thioether (sulfide) groups is 1. The first-order chi connectivity index (χ1) is 8.69. The Balaban J connectivity index is 0.00000324. The molecule has 1 aromatic rings. The molecule has 0 aliphatic rings. The largest absolute Gasteiger partial charge is 0.351 e. The second kappa shape index (κ2) is 9.66. The van der Waals surface area contributed by atoms with Crippen molar-refractivity contribution in [2.45, 2.75) is 0 Å².